The molecule has 0 N–H and O–H groups in total. The number of Topliss-reactive ketones (excluding diaryl/α,β-unsaturated/α-hetero) is 1. The molecule has 0 aromatic heterocycles. The van der Waals surface area contributed by atoms with Gasteiger partial charge in [0.1, 0.15) is 5.78 Å². The van der Waals surface area contributed by atoms with Crippen LogP contribution in [0.4, 0.5) is 0 Å². The van der Waals surface area contributed by atoms with E-state index in [0.29, 0.717) is 22.2 Å². The Morgan fingerprint density at radius 2 is 1.81 bits per heavy atom. The monoisotopic (exact) mass is 256 g/mol. The van der Waals surface area contributed by atoms with Gasteiger partial charge in [0.15, 0.2) is 0 Å². The Bertz CT molecular complexity index is 333. The van der Waals surface area contributed by atoms with E-state index in [1.807, 2.05) is 23.5 Å². The molecule has 0 radical (unpaired) electrons. The quantitative estimate of drug-likeness (QED) is 0.715. The van der Waals surface area contributed by atoms with Crippen molar-refractivity contribution >= 4 is 29.3 Å². The third kappa shape index (κ3) is 1.19. The smallest absolute Gasteiger partial charge is 0.144 e. The minimum absolute atomic E-state index is 0.0218. The van der Waals surface area contributed by atoms with Crippen molar-refractivity contribution < 1.29 is 4.79 Å². The van der Waals surface area contributed by atoms with Crippen molar-refractivity contribution in [2.24, 2.45) is 22.7 Å². The molecule has 3 aliphatic rings. The van der Waals surface area contributed by atoms with Crippen molar-refractivity contribution in [3.05, 3.63) is 0 Å². The predicted molar refractivity (Wildman–Crippen MR) is 71.8 cm³/mol. The number of rotatable bonds is 1. The average molecular weight is 256 g/mol. The third-order valence-corrected chi connectivity index (χ3v) is 8.72. The van der Waals surface area contributed by atoms with Crippen LogP contribution in [0.15, 0.2) is 0 Å². The molecule has 1 heterocycles. The van der Waals surface area contributed by atoms with Crippen LogP contribution in [-0.4, -0.2) is 21.9 Å². The Hall–Kier alpha value is 0.370. The second kappa shape index (κ2) is 3.44. The van der Waals surface area contributed by atoms with E-state index < -0.39 is 0 Å². The SMILES string of the molecule is CC12CCC(C(C3SCCS3)C1=O)C2(C)C. The normalized spacial score (nSPS) is 46.8. The van der Waals surface area contributed by atoms with Gasteiger partial charge < -0.3 is 0 Å². The highest BCUT2D eigenvalue weighted by atomic mass is 32.2. The number of carbonyl (C=O) groups excluding carboxylic acids is 1. The molecule has 0 amide bonds. The highest BCUT2D eigenvalue weighted by molar-refractivity contribution is 8.20. The van der Waals surface area contributed by atoms with E-state index >= 15 is 0 Å². The van der Waals surface area contributed by atoms with Gasteiger partial charge in [-0.2, -0.15) is 0 Å². The van der Waals surface area contributed by atoms with Crippen LogP contribution in [0.25, 0.3) is 0 Å². The first kappa shape index (κ1) is 11.5. The standard InChI is InChI=1S/C13H20OS2/c1-12(2)8-4-5-13(12,3)10(14)9(8)11-15-6-7-16-11/h8-9,11H,4-7H2,1-3H3. The molecule has 3 fully saturated rings. The zero-order valence-electron chi connectivity index (χ0n) is 10.3. The average Bonchev–Trinajstić information content (AvgIpc) is 2.83. The number of fused-ring (bicyclic) bond motifs is 2. The van der Waals surface area contributed by atoms with Crippen LogP contribution in [-0.2, 0) is 4.79 Å². The summed E-state index contributed by atoms with van der Waals surface area (Å²) in [6.07, 6.45) is 2.40. The zero-order valence-corrected chi connectivity index (χ0v) is 11.9. The van der Waals surface area contributed by atoms with Crippen molar-refractivity contribution in [3.8, 4) is 0 Å². The number of hydrogen-bond acceptors (Lipinski definition) is 3. The van der Waals surface area contributed by atoms with Gasteiger partial charge in [0, 0.05) is 22.8 Å². The number of carbonyl (C=O) groups is 1. The summed E-state index contributed by atoms with van der Waals surface area (Å²) in [5.41, 5.74) is 0.213. The first-order valence-corrected chi connectivity index (χ1v) is 8.36. The third-order valence-electron chi connectivity index (χ3n) is 5.53. The minimum atomic E-state index is -0.0218. The molecule has 1 saturated heterocycles. The molecule has 2 saturated carbocycles. The van der Waals surface area contributed by atoms with E-state index in [-0.39, 0.29) is 10.8 Å². The molecule has 2 aliphatic carbocycles. The molecule has 1 aliphatic heterocycles. The lowest BCUT2D eigenvalue weighted by molar-refractivity contribution is -0.131. The lowest BCUT2D eigenvalue weighted by Crippen LogP contribution is -2.35. The van der Waals surface area contributed by atoms with Crippen LogP contribution >= 0.6 is 23.5 Å². The molecular weight excluding hydrogens is 236 g/mol. The molecule has 2 bridgehead atoms. The minimum Gasteiger partial charge on any atom is -0.299 e. The van der Waals surface area contributed by atoms with E-state index in [9.17, 15) is 4.79 Å². The summed E-state index contributed by atoms with van der Waals surface area (Å²) in [6.45, 7) is 6.87. The topological polar surface area (TPSA) is 17.1 Å². The number of ketones is 1. The molecule has 3 heteroatoms. The first-order valence-electron chi connectivity index (χ1n) is 6.26. The van der Waals surface area contributed by atoms with Gasteiger partial charge in [0.05, 0.1) is 4.58 Å². The van der Waals surface area contributed by atoms with E-state index in [0.717, 1.165) is 6.42 Å². The van der Waals surface area contributed by atoms with Crippen LogP contribution in [0.2, 0.25) is 0 Å². The second-order valence-corrected chi connectivity index (χ2v) is 9.00. The van der Waals surface area contributed by atoms with Crippen LogP contribution in [0.1, 0.15) is 33.6 Å². The molecule has 1 nitrogen and oxygen atoms in total. The Morgan fingerprint density at radius 3 is 2.31 bits per heavy atom. The Balaban J connectivity index is 1.96. The van der Waals surface area contributed by atoms with E-state index in [1.54, 1.807) is 0 Å². The highest BCUT2D eigenvalue weighted by Crippen LogP contribution is 2.68. The summed E-state index contributed by atoms with van der Waals surface area (Å²) in [4.78, 5) is 12.7. The summed E-state index contributed by atoms with van der Waals surface area (Å²) in [5, 5.41) is 0. The fourth-order valence-corrected chi connectivity index (χ4v) is 7.29. The highest BCUT2D eigenvalue weighted by Gasteiger charge is 2.67. The molecule has 0 aromatic rings. The van der Waals surface area contributed by atoms with Crippen molar-refractivity contribution in [3.63, 3.8) is 0 Å². The molecular formula is C13H20OS2. The van der Waals surface area contributed by atoms with E-state index in [4.69, 9.17) is 0 Å². The summed E-state index contributed by atoms with van der Waals surface area (Å²) in [7, 11) is 0. The largest absolute Gasteiger partial charge is 0.299 e. The number of thioether (sulfide) groups is 2. The zero-order chi connectivity index (χ0) is 11.6. The van der Waals surface area contributed by atoms with Crippen LogP contribution < -0.4 is 0 Å². The lowest BCUT2D eigenvalue weighted by atomic mass is 9.70. The Morgan fingerprint density at radius 1 is 1.19 bits per heavy atom. The maximum Gasteiger partial charge on any atom is 0.144 e. The van der Waals surface area contributed by atoms with Crippen molar-refractivity contribution in [1.29, 1.82) is 0 Å². The summed E-state index contributed by atoms with van der Waals surface area (Å²) in [5.74, 6) is 4.06. The summed E-state index contributed by atoms with van der Waals surface area (Å²) in [6, 6.07) is 0. The van der Waals surface area contributed by atoms with Gasteiger partial charge in [-0.1, -0.05) is 20.8 Å². The molecule has 0 aromatic carbocycles. The van der Waals surface area contributed by atoms with Crippen molar-refractivity contribution in [2.45, 2.75) is 38.2 Å². The molecule has 0 spiro atoms. The fraction of sp³-hybridized carbons (Fsp3) is 0.923. The predicted octanol–water partition coefficient (Wildman–Crippen LogP) is 3.43. The van der Waals surface area contributed by atoms with Crippen LogP contribution in [0.5, 0.6) is 0 Å². The van der Waals surface area contributed by atoms with Gasteiger partial charge >= 0.3 is 0 Å². The lowest BCUT2D eigenvalue weighted by Gasteiger charge is -2.32. The first-order chi connectivity index (χ1) is 7.48. The second-order valence-electron chi connectivity index (χ2n) is 6.20. The molecule has 3 rings (SSSR count). The van der Waals surface area contributed by atoms with Gasteiger partial charge in [0.2, 0.25) is 0 Å². The van der Waals surface area contributed by atoms with Gasteiger partial charge in [-0.15, -0.1) is 23.5 Å². The number of hydrogen-bond donors (Lipinski definition) is 0. The van der Waals surface area contributed by atoms with Gasteiger partial charge in [-0.05, 0) is 24.2 Å². The van der Waals surface area contributed by atoms with Gasteiger partial charge in [0.25, 0.3) is 0 Å². The van der Waals surface area contributed by atoms with Gasteiger partial charge in [-0.25, -0.2) is 0 Å². The molecule has 16 heavy (non-hydrogen) atoms. The van der Waals surface area contributed by atoms with Crippen LogP contribution in [0.3, 0.4) is 0 Å². The Kier molecular flexibility index (Phi) is 2.46. The summed E-state index contributed by atoms with van der Waals surface area (Å²) < 4.78 is 0.568. The maximum atomic E-state index is 12.7. The summed E-state index contributed by atoms with van der Waals surface area (Å²) >= 11 is 4.05. The van der Waals surface area contributed by atoms with Crippen LogP contribution in [0, 0.1) is 22.7 Å². The van der Waals surface area contributed by atoms with Crippen molar-refractivity contribution in [1.82, 2.24) is 0 Å². The van der Waals surface area contributed by atoms with Gasteiger partial charge in [-0.3, -0.25) is 4.79 Å². The molecule has 3 unspecified atom stereocenters. The Labute approximate surface area is 107 Å². The maximum absolute atomic E-state index is 12.7. The molecule has 3 atom stereocenters. The van der Waals surface area contributed by atoms with E-state index in [2.05, 4.69) is 20.8 Å². The van der Waals surface area contributed by atoms with Crippen molar-refractivity contribution in [2.75, 3.05) is 11.5 Å². The molecule has 90 valence electrons. The fourth-order valence-electron chi connectivity index (χ4n) is 4.05. The van der Waals surface area contributed by atoms with E-state index in [1.165, 1.54) is 17.9 Å².